The molecule has 1 amide bonds. The van der Waals surface area contributed by atoms with Gasteiger partial charge >= 0.3 is 0 Å². The molecule has 3 aromatic rings. The third kappa shape index (κ3) is 4.44. The van der Waals surface area contributed by atoms with Crippen LogP contribution in [0.3, 0.4) is 0 Å². The molecule has 30 heavy (non-hydrogen) atoms. The van der Waals surface area contributed by atoms with Crippen LogP contribution in [0, 0.1) is 10.1 Å². The van der Waals surface area contributed by atoms with Crippen molar-refractivity contribution in [2.45, 2.75) is 0 Å². The fourth-order valence-electron chi connectivity index (χ4n) is 2.77. The van der Waals surface area contributed by atoms with Crippen LogP contribution in [0.4, 0.5) is 17.1 Å². The third-order valence-corrected chi connectivity index (χ3v) is 4.29. The third-order valence-electron chi connectivity index (χ3n) is 4.29. The van der Waals surface area contributed by atoms with E-state index in [-0.39, 0.29) is 11.3 Å². The number of nitrogens with zero attached hydrogens (tertiary/aromatic N) is 3. The van der Waals surface area contributed by atoms with Crippen LogP contribution in [0.1, 0.15) is 10.4 Å². The first-order chi connectivity index (χ1) is 14.5. The molecule has 0 aliphatic heterocycles. The van der Waals surface area contributed by atoms with Gasteiger partial charge in [0.1, 0.15) is 23.5 Å². The lowest BCUT2D eigenvalue weighted by Gasteiger charge is -2.20. The topological polar surface area (TPSA) is 94.3 Å². The summed E-state index contributed by atoms with van der Waals surface area (Å²) in [7, 11) is 3.04. The zero-order chi connectivity index (χ0) is 21.5. The molecule has 152 valence electrons. The van der Waals surface area contributed by atoms with E-state index in [4.69, 9.17) is 9.47 Å². The molecule has 3 rings (SSSR count). The van der Waals surface area contributed by atoms with Crippen LogP contribution in [0.25, 0.3) is 0 Å². The Balaban J connectivity index is 2.04. The summed E-state index contributed by atoms with van der Waals surface area (Å²) in [6, 6.07) is 19.5. The summed E-state index contributed by atoms with van der Waals surface area (Å²) in [4.78, 5) is 29.4. The van der Waals surface area contributed by atoms with Crippen molar-refractivity contribution >= 4 is 29.3 Å². The van der Waals surface area contributed by atoms with E-state index >= 15 is 0 Å². The van der Waals surface area contributed by atoms with Crippen molar-refractivity contribution < 1.29 is 19.2 Å². The average molecular weight is 405 g/mol. The van der Waals surface area contributed by atoms with Crippen LogP contribution >= 0.6 is 0 Å². The van der Waals surface area contributed by atoms with Crippen molar-refractivity contribution in [1.29, 1.82) is 0 Å². The molecule has 0 N–H and O–H groups in total. The average Bonchev–Trinajstić information content (AvgIpc) is 2.79. The standard InChI is InChI=1S/C22H19N3O5/c1-29-20-9-5-3-7-18(20)23-15-24(19-8-4-6-10-21(19)30-2)22(26)16-11-13-17(14-12-16)25(27)28/h3-15H,1-2H3. The van der Waals surface area contributed by atoms with E-state index in [0.717, 1.165) is 0 Å². The lowest BCUT2D eigenvalue weighted by atomic mass is 10.1. The van der Waals surface area contributed by atoms with Crippen molar-refractivity contribution in [3.05, 3.63) is 88.5 Å². The predicted molar refractivity (Wildman–Crippen MR) is 114 cm³/mol. The smallest absolute Gasteiger partial charge is 0.269 e. The van der Waals surface area contributed by atoms with Crippen molar-refractivity contribution in [3.8, 4) is 11.5 Å². The van der Waals surface area contributed by atoms with Gasteiger partial charge in [0.15, 0.2) is 0 Å². The molecule has 0 aliphatic carbocycles. The maximum Gasteiger partial charge on any atom is 0.269 e. The maximum atomic E-state index is 13.2. The minimum atomic E-state index is -0.518. The van der Waals surface area contributed by atoms with Gasteiger partial charge in [-0.2, -0.15) is 0 Å². The second-order valence-corrected chi connectivity index (χ2v) is 6.07. The van der Waals surface area contributed by atoms with E-state index in [1.807, 2.05) is 6.07 Å². The van der Waals surface area contributed by atoms with Gasteiger partial charge in [-0.25, -0.2) is 4.99 Å². The largest absolute Gasteiger partial charge is 0.495 e. The first kappa shape index (κ1) is 20.5. The lowest BCUT2D eigenvalue weighted by Crippen LogP contribution is -2.29. The van der Waals surface area contributed by atoms with Crippen molar-refractivity contribution in [2.24, 2.45) is 4.99 Å². The molecule has 0 aromatic heterocycles. The highest BCUT2D eigenvalue weighted by molar-refractivity contribution is 6.17. The Labute approximate surface area is 173 Å². The second-order valence-electron chi connectivity index (χ2n) is 6.07. The Kier molecular flexibility index (Phi) is 6.39. The van der Waals surface area contributed by atoms with Gasteiger partial charge in [-0.05, 0) is 36.4 Å². The summed E-state index contributed by atoms with van der Waals surface area (Å²) in [5.41, 5.74) is 1.18. The normalized spacial score (nSPS) is 10.6. The highest BCUT2D eigenvalue weighted by Gasteiger charge is 2.20. The number of hydrogen-bond acceptors (Lipinski definition) is 6. The van der Waals surface area contributed by atoms with Gasteiger partial charge in [0.25, 0.3) is 11.6 Å². The molecule has 0 saturated heterocycles. The SMILES string of the molecule is COc1ccccc1N=CN(C(=O)c1ccc([N+](=O)[O-])cc1)c1ccccc1OC. The van der Waals surface area contributed by atoms with Gasteiger partial charge in [0, 0.05) is 17.7 Å². The number of amides is 1. The predicted octanol–water partition coefficient (Wildman–Crippen LogP) is 4.62. The molecule has 8 heteroatoms. The Morgan fingerprint density at radius 2 is 1.53 bits per heavy atom. The molecule has 0 atom stereocenters. The minimum absolute atomic E-state index is 0.0990. The van der Waals surface area contributed by atoms with Gasteiger partial charge in [0.2, 0.25) is 0 Å². The molecule has 0 heterocycles. The van der Waals surface area contributed by atoms with Crippen molar-refractivity contribution in [1.82, 2.24) is 0 Å². The van der Waals surface area contributed by atoms with Crippen molar-refractivity contribution in [3.63, 3.8) is 0 Å². The number of nitro groups is 1. The van der Waals surface area contributed by atoms with Crippen LogP contribution in [-0.2, 0) is 0 Å². The summed E-state index contributed by atoms with van der Waals surface area (Å²) in [5, 5.41) is 10.9. The summed E-state index contributed by atoms with van der Waals surface area (Å²) in [6.07, 6.45) is 1.37. The molecule has 0 aliphatic rings. The van der Waals surface area contributed by atoms with Gasteiger partial charge in [-0.1, -0.05) is 24.3 Å². The first-order valence-corrected chi connectivity index (χ1v) is 8.93. The van der Waals surface area contributed by atoms with E-state index < -0.39 is 10.8 Å². The number of rotatable bonds is 7. The second kappa shape index (κ2) is 9.33. The zero-order valence-electron chi connectivity index (χ0n) is 16.4. The van der Waals surface area contributed by atoms with E-state index in [1.165, 1.54) is 49.7 Å². The number of ether oxygens (including phenoxy) is 2. The number of non-ortho nitro benzene ring substituents is 1. The Bertz CT molecular complexity index is 1080. The highest BCUT2D eigenvalue weighted by Crippen LogP contribution is 2.30. The molecule has 0 bridgehead atoms. The van der Waals surface area contributed by atoms with Gasteiger partial charge in [-0.3, -0.25) is 19.8 Å². The Morgan fingerprint density at radius 1 is 0.933 bits per heavy atom. The van der Waals surface area contributed by atoms with Crippen LogP contribution < -0.4 is 14.4 Å². The number of anilines is 1. The number of carbonyl (C=O) groups excluding carboxylic acids is 1. The number of nitro benzene ring substituents is 1. The first-order valence-electron chi connectivity index (χ1n) is 8.93. The molecule has 3 aromatic carbocycles. The fraction of sp³-hybridized carbons (Fsp3) is 0.0909. The van der Waals surface area contributed by atoms with Gasteiger partial charge in [0.05, 0.1) is 24.8 Å². The maximum absolute atomic E-state index is 13.2. The quantitative estimate of drug-likeness (QED) is 0.247. The number of benzene rings is 3. The Hall–Kier alpha value is -4.20. The minimum Gasteiger partial charge on any atom is -0.495 e. The van der Waals surface area contributed by atoms with E-state index in [9.17, 15) is 14.9 Å². The number of methoxy groups -OCH3 is 2. The van der Waals surface area contributed by atoms with Crippen LogP contribution in [-0.4, -0.2) is 31.4 Å². The number of para-hydroxylation sites is 4. The Morgan fingerprint density at radius 3 is 2.17 bits per heavy atom. The molecule has 0 spiro atoms. The molecule has 8 nitrogen and oxygen atoms in total. The van der Waals surface area contributed by atoms with Crippen LogP contribution in [0.15, 0.2) is 77.8 Å². The van der Waals surface area contributed by atoms with Gasteiger partial charge < -0.3 is 9.47 Å². The van der Waals surface area contributed by atoms with E-state index in [1.54, 1.807) is 42.5 Å². The number of aliphatic imine (C=N–C) groups is 1. The van der Waals surface area contributed by atoms with Gasteiger partial charge in [-0.15, -0.1) is 0 Å². The summed E-state index contributed by atoms with van der Waals surface area (Å²) >= 11 is 0. The molecule has 0 unspecified atom stereocenters. The molecule has 0 saturated carbocycles. The lowest BCUT2D eigenvalue weighted by molar-refractivity contribution is -0.384. The fourth-order valence-corrected chi connectivity index (χ4v) is 2.77. The zero-order valence-corrected chi connectivity index (χ0v) is 16.4. The summed E-state index contributed by atoms with van der Waals surface area (Å²) in [6.45, 7) is 0. The van der Waals surface area contributed by atoms with Crippen molar-refractivity contribution in [2.75, 3.05) is 19.1 Å². The van der Waals surface area contributed by atoms with Crippen LogP contribution in [0.2, 0.25) is 0 Å². The summed E-state index contributed by atoms with van der Waals surface area (Å²) in [5.74, 6) is 0.601. The van der Waals surface area contributed by atoms with Crippen LogP contribution in [0.5, 0.6) is 11.5 Å². The monoisotopic (exact) mass is 405 g/mol. The molecular formula is C22H19N3O5. The number of carbonyl (C=O) groups is 1. The molecular weight excluding hydrogens is 386 g/mol. The highest BCUT2D eigenvalue weighted by atomic mass is 16.6. The number of hydrogen-bond donors (Lipinski definition) is 0. The molecule has 0 fully saturated rings. The summed E-state index contributed by atoms with van der Waals surface area (Å²) < 4.78 is 10.7. The van der Waals surface area contributed by atoms with E-state index in [0.29, 0.717) is 22.9 Å². The van der Waals surface area contributed by atoms with E-state index in [2.05, 4.69) is 4.99 Å². The molecule has 0 radical (unpaired) electrons.